The summed E-state index contributed by atoms with van der Waals surface area (Å²) in [5, 5.41) is 3.01. The molecule has 0 bridgehead atoms. The van der Waals surface area contributed by atoms with Crippen molar-refractivity contribution in [2.24, 2.45) is 16.6 Å². The Morgan fingerprint density at radius 2 is 2.04 bits per heavy atom. The fourth-order valence-electron chi connectivity index (χ4n) is 3.18. The van der Waals surface area contributed by atoms with Gasteiger partial charge in [-0.2, -0.15) is 0 Å². The Labute approximate surface area is 150 Å². The second kappa shape index (κ2) is 10.0. The minimum absolute atomic E-state index is 0.0438. The van der Waals surface area contributed by atoms with E-state index in [1.165, 1.54) is 5.56 Å². The van der Waals surface area contributed by atoms with E-state index in [-0.39, 0.29) is 24.5 Å². The van der Waals surface area contributed by atoms with Crippen LogP contribution in [0.2, 0.25) is 0 Å². The van der Waals surface area contributed by atoms with Gasteiger partial charge in [0.25, 0.3) is 0 Å². The molecule has 1 heterocycles. The third-order valence-electron chi connectivity index (χ3n) is 4.53. The van der Waals surface area contributed by atoms with Gasteiger partial charge in [0.15, 0.2) is 5.96 Å². The number of carbonyl (C=O) groups excluding carboxylic acids is 1. The van der Waals surface area contributed by atoms with Gasteiger partial charge in [0.1, 0.15) is 6.54 Å². The lowest BCUT2D eigenvalue weighted by molar-refractivity contribution is -0.130. The number of aliphatic imine (C=N–C) groups is 1. The Morgan fingerprint density at radius 3 is 2.68 bits per heavy atom. The lowest BCUT2D eigenvalue weighted by Gasteiger charge is -2.31. The summed E-state index contributed by atoms with van der Waals surface area (Å²) in [6, 6.07) is 10.6. The van der Waals surface area contributed by atoms with Crippen molar-refractivity contribution in [3.63, 3.8) is 0 Å². The molecule has 1 aliphatic heterocycles. The highest BCUT2D eigenvalue weighted by Crippen LogP contribution is 2.21. The second-order valence-electron chi connectivity index (χ2n) is 6.72. The standard InChI is InChI=1S/C19H30N4O2/c1-15(14-25-2)22-19(20)21-13-18(24)23-10-8-17(9-11-23)12-16-6-4-3-5-7-16/h3-7,15,17H,8-14H2,1-2H3,(H3,20,21,22). The minimum Gasteiger partial charge on any atom is -0.383 e. The molecule has 0 saturated carbocycles. The molecule has 0 aromatic heterocycles. The molecule has 138 valence electrons. The molecule has 0 aliphatic carbocycles. The Balaban J connectivity index is 1.72. The number of carbonyl (C=O) groups is 1. The van der Waals surface area contributed by atoms with Crippen molar-refractivity contribution in [2.75, 3.05) is 33.4 Å². The van der Waals surface area contributed by atoms with E-state index in [0.29, 0.717) is 12.5 Å². The van der Waals surface area contributed by atoms with Crippen molar-refractivity contribution in [2.45, 2.75) is 32.2 Å². The zero-order valence-corrected chi connectivity index (χ0v) is 15.3. The number of nitrogens with zero attached hydrogens (tertiary/aromatic N) is 2. The molecule has 1 amide bonds. The van der Waals surface area contributed by atoms with Crippen LogP contribution < -0.4 is 11.1 Å². The van der Waals surface area contributed by atoms with Crippen molar-refractivity contribution in [1.29, 1.82) is 0 Å². The van der Waals surface area contributed by atoms with Crippen LogP contribution in [0.1, 0.15) is 25.3 Å². The predicted octanol–water partition coefficient (Wildman–Crippen LogP) is 1.41. The van der Waals surface area contributed by atoms with E-state index in [4.69, 9.17) is 10.5 Å². The van der Waals surface area contributed by atoms with Crippen molar-refractivity contribution < 1.29 is 9.53 Å². The first kappa shape index (κ1) is 19.2. The number of likely N-dealkylation sites (tertiary alicyclic amines) is 1. The predicted molar refractivity (Wildman–Crippen MR) is 100 cm³/mol. The Hall–Kier alpha value is -2.08. The molecule has 2 rings (SSSR count). The van der Waals surface area contributed by atoms with Crippen molar-refractivity contribution in [3.05, 3.63) is 35.9 Å². The Morgan fingerprint density at radius 1 is 1.36 bits per heavy atom. The molecule has 0 radical (unpaired) electrons. The first-order chi connectivity index (χ1) is 12.1. The molecule has 1 aliphatic rings. The molecule has 0 spiro atoms. The highest BCUT2D eigenvalue weighted by Gasteiger charge is 2.22. The van der Waals surface area contributed by atoms with E-state index in [2.05, 4.69) is 34.6 Å². The smallest absolute Gasteiger partial charge is 0.244 e. The van der Waals surface area contributed by atoms with Crippen molar-refractivity contribution in [1.82, 2.24) is 10.2 Å². The Bertz CT molecular complexity index is 554. The zero-order chi connectivity index (χ0) is 18.1. The number of amides is 1. The van der Waals surface area contributed by atoms with E-state index in [1.807, 2.05) is 17.9 Å². The Kier molecular flexibility index (Phi) is 7.73. The number of ether oxygens (including phenoxy) is 1. The van der Waals surface area contributed by atoms with Gasteiger partial charge in [0.05, 0.1) is 6.61 Å². The number of piperidine rings is 1. The third-order valence-corrected chi connectivity index (χ3v) is 4.53. The average Bonchev–Trinajstić information content (AvgIpc) is 2.61. The highest BCUT2D eigenvalue weighted by atomic mass is 16.5. The minimum atomic E-state index is 0.0438. The first-order valence-corrected chi connectivity index (χ1v) is 8.95. The quantitative estimate of drug-likeness (QED) is 0.578. The number of rotatable bonds is 7. The van der Waals surface area contributed by atoms with E-state index in [0.717, 1.165) is 32.4 Å². The van der Waals surface area contributed by atoms with E-state index in [9.17, 15) is 4.79 Å². The van der Waals surface area contributed by atoms with Gasteiger partial charge in [-0.05, 0) is 37.7 Å². The summed E-state index contributed by atoms with van der Waals surface area (Å²) in [6.45, 7) is 4.20. The van der Waals surface area contributed by atoms with Crippen LogP contribution in [0, 0.1) is 5.92 Å². The molecular weight excluding hydrogens is 316 g/mol. The van der Waals surface area contributed by atoms with Gasteiger partial charge in [0.2, 0.25) is 5.91 Å². The van der Waals surface area contributed by atoms with Crippen LogP contribution in [0.25, 0.3) is 0 Å². The van der Waals surface area contributed by atoms with Gasteiger partial charge in [-0.15, -0.1) is 0 Å². The van der Waals surface area contributed by atoms with Crippen LogP contribution in [0.5, 0.6) is 0 Å². The molecule has 1 unspecified atom stereocenters. The van der Waals surface area contributed by atoms with Crippen LogP contribution in [-0.4, -0.2) is 56.2 Å². The number of guanidine groups is 1. The molecule has 6 heteroatoms. The molecule has 25 heavy (non-hydrogen) atoms. The average molecular weight is 346 g/mol. The van der Waals surface area contributed by atoms with Crippen LogP contribution in [0.4, 0.5) is 0 Å². The number of hydrogen-bond donors (Lipinski definition) is 2. The number of methoxy groups -OCH3 is 1. The monoisotopic (exact) mass is 346 g/mol. The summed E-state index contributed by atoms with van der Waals surface area (Å²) < 4.78 is 5.03. The van der Waals surface area contributed by atoms with Gasteiger partial charge in [-0.1, -0.05) is 30.3 Å². The second-order valence-corrected chi connectivity index (χ2v) is 6.72. The SMILES string of the molecule is COCC(C)NC(N)=NCC(=O)N1CCC(Cc2ccccc2)CC1. The maximum Gasteiger partial charge on any atom is 0.244 e. The maximum atomic E-state index is 12.3. The summed E-state index contributed by atoms with van der Waals surface area (Å²) in [6.07, 6.45) is 3.18. The zero-order valence-electron chi connectivity index (χ0n) is 15.3. The van der Waals surface area contributed by atoms with E-state index < -0.39 is 0 Å². The van der Waals surface area contributed by atoms with E-state index in [1.54, 1.807) is 7.11 Å². The van der Waals surface area contributed by atoms with Gasteiger partial charge in [-0.3, -0.25) is 4.79 Å². The van der Waals surface area contributed by atoms with Crippen molar-refractivity contribution in [3.8, 4) is 0 Å². The molecule has 1 aromatic rings. The van der Waals surface area contributed by atoms with E-state index >= 15 is 0 Å². The third kappa shape index (κ3) is 6.74. The van der Waals surface area contributed by atoms with Gasteiger partial charge >= 0.3 is 0 Å². The lowest BCUT2D eigenvalue weighted by atomic mass is 9.90. The molecule has 1 aromatic carbocycles. The van der Waals surface area contributed by atoms with Crippen LogP contribution in [0.3, 0.4) is 0 Å². The molecule has 1 atom stereocenters. The number of nitrogens with one attached hydrogen (secondary N) is 1. The fraction of sp³-hybridized carbons (Fsp3) is 0.579. The largest absolute Gasteiger partial charge is 0.383 e. The first-order valence-electron chi connectivity index (χ1n) is 8.95. The van der Waals surface area contributed by atoms with Gasteiger partial charge in [0, 0.05) is 26.2 Å². The molecule has 1 saturated heterocycles. The highest BCUT2D eigenvalue weighted by molar-refractivity contribution is 5.84. The maximum absolute atomic E-state index is 12.3. The fourth-order valence-corrected chi connectivity index (χ4v) is 3.18. The number of nitrogens with two attached hydrogens (primary N) is 1. The van der Waals surface area contributed by atoms with Gasteiger partial charge in [-0.25, -0.2) is 4.99 Å². The topological polar surface area (TPSA) is 80.0 Å². The molecule has 3 N–H and O–H groups in total. The molecular formula is C19H30N4O2. The molecule has 1 fully saturated rings. The number of benzene rings is 1. The van der Waals surface area contributed by atoms with Crippen molar-refractivity contribution >= 4 is 11.9 Å². The summed E-state index contributed by atoms with van der Waals surface area (Å²) in [5.41, 5.74) is 7.18. The van der Waals surface area contributed by atoms with Gasteiger partial charge < -0.3 is 20.7 Å². The normalized spacial score (nSPS) is 17.4. The summed E-state index contributed by atoms with van der Waals surface area (Å²) >= 11 is 0. The summed E-state index contributed by atoms with van der Waals surface area (Å²) in [7, 11) is 1.64. The summed E-state index contributed by atoms with van der Waals surface area (Å²) in [4.78, 5) is 18.3. The summed E-state index contributed by atoms with van der Waals surface area (Å²) in [5.74, 6) is 0.982. The lowest BCUT2D eigenvalue weighted by Crippen LogP contribution is -2.43. The van der Waals surface area contributed by atoms with Crippen LogP contribution in [-0.2, 0) is 16.0 Å². The number of hydrogen-bond acceptors (Lipinski definition) is 3. The van der Waals surface area contributed by atoms with Crippen LogP contribution in [0.15, 0.2) is 35.3 Å². The van der Waals surface area contributed by atoms with Crippen LogP contribution >= 0.6 is 0 Å². The molecule has 6 nitrogen and oxygen atoms in total.